The van der Waals surface area contributed by atoms with Gasteiger partial charge in [-0.3, -0.25) is 9.69 Å². The molecule has 0 spiro atoms. The molecule has 1 saturated heterocycles. The molecule has 5 rings (SSSR count). The van der Waals surface area contributed by atoms with E-state index in [1.165, 1.54) is 6.07 Å². The maximum atomic E-state index is 13.9. The molecule has 38 heavy (non-hydrogen) atoms. The van der Waals surface area contributed by atoms with Crippen LogP contribution in [0.15, 0.2) is 67.0 Å². The second-order valence-corrected chi connectivity index (χ2v) is 9.44. The number of rotatable bonds is 5. The first kappa shape index (κ1) is 25.6. The smallest absolute Gasteiger partial charge is 0.304 e. The minimum atomic E-state index is -4.50. The molecule has 194 valence electrons. The zero-order valence-electron chi connectivity index (χ0n) is 20.9. The maximum absolute atomic E-state index is 13.9. The topological polar surface area (TPSA) is 53.7 Å². The van der Waals surface area contributed by atoms with E-state index >= 15 is 0 Å². The fraction of sp³-hybridized carbons (Fsp3) is 0.276. The number of fused-ring (bicyclic) bond motifs is 1. The van der Waals surface area contributed by atoms with E-state index in [4.69, 9.17) is 0 Å². The van der Waals surface area contributed by atoms with E-state index in [0.717, 1.165) is 32.2 Å². The molecule has 2 aromatic heterocycles. The number of halogens is 3. The van der Waals surface area contributed by atoms with Crippen molar-refractivity contribution in [2.75, 3.05) is 33.2 Å². The van der Waals surface area contributed by atoms with E-state index in [9.17, 15) is 18.0 Å². The predicted octanol–water partition coefficient (Wildman–Crippen LogP) is 4.32. The maximum Gasteiger partial charge on any atom is 0.416 e. The molecule has 1 aliphatic rings. The van der Waals surface area contributed by atoms with Gasteiger partial charge in [0, 0.05) is 56.5 Å². The third-order valence-electron chi connectivity index (χ3n) is 6.63. The van der Waals surface area contributed by atoms with E-state index in [-0.39, 0.29) is 24.3 Å². The zero-order valence-corrected chi connectivity index (χ0v) is 20.9. The van der Waals surface area contributed by atoms with Crippen molar-refractivity contribution in [1.29, 1.82) is 0 Å². The number of hydrogen-bond acceptors (Lipinski definition) is 5. The number of alkyl halides is 3. The van der Waals surface area contributed by atoms with Gasteiger partial charge in [0.2, 0.25) is 0 Å². The Labute approximate surface area is 218 Å². The predicted molar refractivity (Wildman–Crippen MR) is 138 cm³/mol. The minimum absolute atomic E-state index is 0.133. The number of hydrogen-bond donors (Lipinski definition) is 0. The Balaban J connectivity index is 1.32. The summed E-state index contributed by atoms with van der Waals surface area (Å²) in [4.78, 5) is 21.4. The lowest BCUT2D eigenvalue weighted by Crippen LogP contribution is -2.44. The van der Waals surface area contributed by atoms with Crippen LogP contribution in [0.1, 0.15) is 38.3 Å². The molecule has 9 heteroatoms. The molecule has 0 radical (unpaired) electrons. The normalized spacial score (nSPS) is 14.8. The fourth-order valence-electron chi connectivity index (χ4n) is 4.49. The van der Waals surface area contributed by atoms with E-state index in [1.54, 1.807) is 53.3 Å². The quantitative estimate of drug-likeness (QED) is 0.292. The van der Waals surface area contributed by atoms with Crippen molar-refractivity contribution in [3.63, 3.8) is 0 Å². The number of benzene rings is 2. The van der Waals surface area contributed by atoms with Gasteiger partial charge in [-0.25, -0.2) is 9.50 Å². The third-order valence-corrected chi connectivity index (χ3v) is 6.63. The average molecular weight is 518 g/mol. The van der Waals surface area contributed by atoms with Crippen LogP contribution >= 0.6 is 0 Å². The molecular formula is C29H26F3N5O. The van der Waals surface area contributed by atoms with Gasteiger partial charge in [-0.1, -0.05) is 30.2 Å². The molecule has 6 nitrogen and oxygen atoms in total. The van der Waals surface area contributed by atoms with Crippen LogP contribution in [0.2, 0.25) is 0 Å². The number of imidazole rings is 1. The highest BCUT2D eigenvalue weighted by atomic mass is 19.4. The zero-order chi connectivity index (χ0) is 26.7. The summed E-state index contributed by atoms with van der Waals surface area (Å²) in [5.74, 6) is 5.75. The molecule has 0 saturated carbocycles. The van der Waals surface area contributed by atoms with E-state index in [0.29, 0.717) is 28.0 Å². The average Bonchev–Trinajstić information content (AvgIpc) is 3.32. The van der Waals surface area contributed by atoms with Gasteiger partial charge in [0.15, 0.2) is 11.4 Å². The van der Waals surface area contributed by atoms with Crippen molar-refractivity contribution in [3.8, 4) is 11.8 Å². The highest BCUT2D eigenvalue weighted by Gasteiger charge is 2.34. The minimum Gasteiger partial charge on any atom is -0.304 e. The summed E-state index contributed by atoms with van der Waals surface area (Å²) in [6, 6.07) is 14.6. The summed E-state index contributed by atoms with van der Waals surface area (Å²) < 4.78 is 43.4. The SMILES string of the molecule is CN1CCN(Cc2ccc(CC(=O)c3cccc(C#Cc4cnc5cccnn45)c3)cc2C(F)(F)F)CC1. The van der Waals surface area contributed by atoms with Gasteiger partial charge in [-0.05, 0) is 54.4 Å². The van der Waals surface area contributed by atoms with Crippen LogP contribution in [0.5, 0.6) is 0 Å². The standard InChI is InChI=1S/C29H26F3N5O/c1-35-12-14-36(15-13-35)20-24-9-7-22(17-26(24)29(30,31)32)18-27(38)23-5-2-4-21(16-23)8-10-25-19-33-28-6-3-11-34-37(25)28/h2-7,9,11,16-17,19H,12-15,18,20H2,1H3. The number of ketones is 1. The monoisotopic (exact) mass is 517 g/mol. The number of carbonyl (C=O) groups is 1. The molecule has 3 heterocycles. The number of piperazine rings is 1. The highest BCUT2D eigenvalue weighted by Crippen LogP contribution is 2.34. The third kappa shape index (κ3) is 5.93. The number of Topliss-reactive ketones (excluding diaryl/α,β-unsaturated/α-hetero) is 1. The van der Waals surface area contributed by atoms with Crippen LogP contribution < -0.4 is 0 Å². The van der Waals surface area contributed by atoms with Crippen molar-refractivity contribution in [2.45, 2.75) is 19.1 Å². The highest BCUT2D eigenvalue weighted by molar-refractivity contribution is 5.97. The molecule has 1 fully saturated rings. The van der Waals surface area contributed by atoms with Crippen molar-refractivity contribution < 1.29 is 18.0 Å². The Morgan fingerprint density at radius 2 is 1.82 bits per heavy atom. The van der Waals surface area contributed by atoms with Gasteiger partial charge in [0.05, 0.1) is 11.8 Å². The molecule has 2 aromatic carbocycles. The first-order chi connectivity index (χ1) is 18.3. The Bertz CT molecular complexity index is 1520. The van der Waals surface area contributed by atoms with Gasteiger partial charge in [-0.2, -0.15) is 18.3 Å². The van der Waals surface area contributed by atoms with Gasteiger partial charge in [-0.15, -0.1) is 0 Å². The van der Waals surface area contributed by atoms with E-state index in [2.05, 4.69) is 26.8 Å². The molecule has 0 N–H and O–H groups in total. The van der Waals surface area contributed by atoms with Crippen molar-refractivity contribution in [3.05, 3.63) is 101 Å². The van der Waals surface area contributed by atoms with E-state index < -0.39 is 11.7 Å². The van der Waals surface area contributed by atoms with Crippen LogP contribution in [-0.4, -0.2) is 63.4 Å². The number of nitrogens with zero attached hydrogens (tertiary/aromatic N) is 5. The van der Waals surface area contributed by atoms with Gasteiger partial charge in [0.1, 0.15) is 5.69 Å². The summed E-state index contributed by atoms with van der Waals surface area (Å²) in [7, 11) is 2.01. The first-order valence-electron chi connectivity index (χ1n) is 12.3. The number of carbonyl (C=O) groups excluding carboxylic acids is 1. The largest absolute Gasteiger partial charge is 0.416 e. The molecule has 0 amide bonds. The Morgan fingerprint density at radius 1 is 1.00 bits per heavy atom. The second-order valence-electron chi connectivity index (χ2n) is 9.44. The summed E-state index contributed by atoms with van der Waals surface area (Å²) in [6.07, 6.45) is -1.37. The number of aromatic nitrogens is 3. The Hall–Kier alpha value is -4.00. The lowest BCUT2D eigenvalue weighted by Gasteiger charge is -2.33. The Kier molecular flexibility index (Phi) is 7.27. The molecule has 4 aromatic rings. The van der Waals surface area contributed by atoms with Gasteiger partial charge < -0.3 is 4.90 Å². The van der Waals surface area contributed by atoms with Gasteiger partial charge >= 0.3 is 6.18 Å². The summed E-state index contributed by atoms with van der Waals surface area (Å²) in [5.41, 5.74) is 2.17. The van der Waals surface area contributed by atoms with Crippen LogP contribution in [0.3, 0.4) is 0 Å². The summed E-state index contributed by atoms with van der Waals surface area (Å²) in [6.45, 7) is 3.34. The fourth-order valence-corrected chi connectivity index (χ4v) is 4.49. The van der Waals surface area contributed by atoms with Gasteiger partial charge in [0.25, 0.3) is 0 Å². The molecular weight excluding hydrogens is 491 g/mol. The van der Waals surface area contributed by atoms with Crippen molar-refractivity contribution in [2.24, 2.45) is 0 Å². The summed E-state index contributed by atoms with van der Waals surface area (Å²) in [5, 5.41) is 4.23. The number of likely N-dealkylation sites (N-methyl/N-ethyl adjacent to an activating group) is 1. The lowest BCUT2D eigenvalue weighted by molar-refractivity contribution is -0.138. The van der Waals surface area contributed by atoms with Crippen LogP contribution in [0.4, 0.5) is 13.2 Å². The van der Waals surface area contributed by atoms with Crippen LogP contribution in [0, 0.1) is 11.8 Å². The van der Waals surface area contributed by atoms with Crippen molar-refractivity contribution >= 4 is 11.4 Å². The molecule has 0 aliphatic carbocycles. The summed E-state index contributed by atoms with van der Waals surface area (Å²) >= 11 is 0. The Morgan fingerprint density at radius 3 is 2.61 bits per heavy atom. The molecule has 0 bridgehead atoms. The molecule has 0 unspecified atom stereocenters. The van der Waals surface area contributed by atoms with Crippen LogP contribution in [-0.2, 0) is 19.1 Å². The lowest BCUT2D eigenvalue weighted by atomic mass is 9.97. The molecule has 1 aliphatic heterocycles. The second kappa shape index (κ2) is 10.8. The first-order valence-corrected chi connectivity index (χ1v) is 12.3. The molecule has 0 atom stereocenters. The van der Waals surface area contributed by atoms with E-state index in [1.807, 2.05) is 18.0 Å². The van der Waals surface area contributed by atoms with Crippen molar-refractivity contribution in [1.82, 2.24) is 24.4 Å². The van der Waals surface area contributed by atoms with Crippen LogP contribution in [0.25, 0.3) is 5.65 Å².